The third-order valence-corrected chi connectivity index (χ3v) is 2.64. The topological polar surface area (TPSA) is 52.3 Å². The summed E-state index contributed by atoms with van der Waals surface area (Å²) in [6, 6.07) is 7.05. The first-order valence-corrected chi connectivity index (χ1v) is 5.78. The number of hydrogen-bond donors (Lipinski definition) is 0. The minimum Gasteiger partial charge on any atom is -0.486 e. The average molecular weight is 296 g/mol. The van der Waals surface area contributed by atoms with E-state index in [-0.39, 0.29) is 6.61 Å². The average Bonchev–Trinajstić information content (AvgIpc) is 2.73. The van der Waals surface area contributed by atoms with Gasteiger partial charge < -0.3 is 9.26 Å². The molecule has 0 spiro atoms. The zero-order valence-corrected chi connectivity index (χ0v) is 10.7. The van der Waals surface area contributed by atoms with Crippen molar-refractivity contribution in [2.24, 2.45) is 0 Å². The Bertz CT molecular complexity index is 536. The van der Waals surface area contributed by atoms with Crippen molar-refractivity contribution in [3.63, 3.8) is 0 Å². The van der Waals surface area contributed by atoms with Gasteiger partial charge in [0, 0.05) is 10.5 Å². The number of rotatable bonds is 4. The molecule has 0 radical (unpaired) electrons. The van der Waals surface area contributed by atoms with Crippen molar-refractivity contribution >= 4 is 22.2 Å². The van der Waals surface area contributed by atoms with Gasteiger partial charge in [-0.05, 0) is 25.1 Å². The number of ether oxygens (including phenoxy) is 1. The summed E-state index contributed by atoms with van der Waals surface area (Å²) >= 11 is 3.29. The highest BCUT2D eigenvalue weighted by molar-refractivity contribution is 9.10. The summed E-state index contributed by atoms with van der Waals surface area (Å²) in [6.07, 6.45) is 0.758. The van der Waals surface area contributed by atoms with E-state index in [1.807, 2.05) is 13.0 Å². The monoisotopic (exact) mass is 295 g/mol. The first-order valence-electron chi connectivity index (χ1n) is 4.99. The van der Waals surface area contributed by atoms with Crippen molar-refractivity contribution in [3.8, 4) is 5.75 Å². The summed E-state index contributed by atoms with van der Waals surface area (Å²) in [7, 11) is 0. The molecule has 1 aromatic carbocycles. The van der Waals surface area contributed by atoms with E-state index in [1.165, 1.54) is 0 Å². The van der Waals surface area contributed by atoms with Crippen LogP contribution in [0.3, 0.4) is 0 Å². The second-order valence-electron chi connectivity index (χ2n) is 3.52. The molecule has 0 saturated carbocycles. The Labute approximate surface area is 107 Å². The molecule has 0 fully saturated rings. The lowest BCUT2D eigenvalue weighted by atomic mass is 10.2. The van der Waals surface area contributed by atoms with Gasteiger partial charge in [-0.25, -0.2) is 0 Å². The number of halogens is 1. The Morgan fingerprint density at radius 3 is 2.94 bits per heavy atom. The van der Waals surface area contributed by atoms with Gasteiger partial charge in [0.15, 0.2) is 6.29 Å². The van der Waals surface area contributed by atoms with Crippen LogP contribution in [0.15, 0.2) is 33.3 Å². The maximum atomic E-state index is 10.9. The van der Waals surface area contributed by atoms with Gasteiger partial charge in [0.25, 0.3) is 0 Å². The summed E-state index contributed by atoms with van der Waals surface area (Å²) < 4.78 is 11.3. The maximum absolute atomic E-state index is 10.9. The molecular formula is C12H10BrNO3. The molecule has 2 rings (SSSR count). The largest absolute Gasteiger partial charge is 0.486 e. The van der Waals surface area contributed by atoms with E-state index in [0.29, 0.717) is 17.0 Å². The smallest absolute Gasteiger partial charge is 0.153 e. The van der Waals surface area contributed by atoms with Gasteiger partial charge in [0.05, 0.1) is 5.56 Å². The minimum absolute atomic E-state index is 0.278. The summed E-state index contributed by atoms with van der Waals surface area (Å²) in [5.74, 6) is 1.26. The Morgan fingerprint density at radius 1 is 1.47 bits per heavy atom. The van der Waals surface area contributed by atoms with Crippen LogP contribution in [0.1, 0.15) is 21.8 Å². The predicted molar refractivity (Wildman–Crippen MR) is 65.1 cm³/mol. The second kappa shape index (κ2) is 5.14. The third-order valence-electron chi connectivity index (χ3n) is 2.15. The van der Waals surface area contributed by atoms with Gasteiger partial charge in [-0.1, -0.05) is 21.1 Å². The summed E-state index contributed by atoms with van der Waals surface area (Å²) in [4.78, 5) is 10.9. The quantitative estimate of drug-likeness (QED) is 0.813. The number of benzene rings is 1. The van der Waals surface area contributed by atoms with Crippen LogP contribution in [0.25, 0.3) is 0 Å². The standard InChI is InChI=1S/C12H10BrNO3/c1-8-4-11(14-17-8)7-16-12-3-2-10(13)5-9(12)6-15/h2-6H,7H2,1H3. The van der Waals surface area contributed by atoms with Crippen molar-refractivity contribution in [2.45, 2.75) is 13.5 Å². The van der Waals surface area contributed by atoms with Crippen molar-refractivity contribution in [3.05, 3.63) is 45.8 Å². The molecule has 0 amide bonds. The number of carbonyl (C=O) groups is 1. The fraction of sp³-hybridized carbons (Fsp3) is 0.167. The van der Waals surface area contributed by atoms with Gasteiger partial charge in [-0.15, -0.1) is 0 Å². The Morgan fingerprint density at radius 2 is 2.29 bits per heavy atom. The van der Waals surface area contributed by atoms with Crippen molar-refractivity contribution in [1.29, 1.82) is 0 Å². The molecule has 1 heterocycles. The van der Waals surface area contributed by atoms with Gasteiger partial charge >= 0.3 is 0 Å². The van der Waals surface area contributed by atoms with Gasteiger partial charge in [-0.2, -0.15) is 0 Å². The van der Waals surface area contributed by atoms with Gasteiger partial charge in [-0.3, -0.25) is 4.79 Å². The summed E-state index contributed by atoms with van der Waals surface area (Å²) in [5, 5.41) is 3.81. The van der Waals surface area contributed by atoms with Crippen LogP contribution >= 0.6 is 15.9 Å². The molecule has 88 valence electrons. The molecule has 0 N–H and O–H groups in total. The second-order valence-corrected chi connectivity index (χ2v) is 4.43. The molecule has 1 aromatic heterocycles. The van der Waals surface area contributed by atoms with Crippen LogP contribution in [0.2, 0.25) is 0 Å². The lowest BCUT2D eigenvalue weighted by Crippen LogP contribution is -1.98. The molecule has 17 heavy (non-hydrogen) atoms. The summed E-state index contributed by atoms with van der Waals surface area (Å²) in [6.45, 7) is 2.09. The lowest BCUT2D eigenvalue weighted by Gasteiger charge is -2.06. The molecule has 0 aliphatic heterocycles. The van der Waals surface area contributed by atoms with E-state index in [0.717, 1.165) is 16.5 Å². The van der Waals surface area contributed by atoms with Crippen molar-refractivity contribution < 1.29 is 14.1 Å². The number of carbonyl (C=O) groups excluding carboxylic acids is 1. The zero-order chi connectivity index (χ0) is 12.3. The minimum atomic E-state index is 0.278. The van der Waals surface area contributed by atoms with Crippen LogP contribution in [0.4, 0.5) is 0 Å². The van der Waals surface area contributed by atoms with Crippen LogP contribution < -0.4 is 4.74 Å². The van der Waals surface area contributed by atoms with E-state index in [2.05, 4.69) is 21.1 Å². The number of aldehydes is 1. The van der Waals surface area contributed by atoms with Crippen LogP contribution in [0, 0.1) is 6.92 Å². The Kier molecular flexibility index (Phi) is 3.58. The highest BCUT2D eigenvalue weighted by Crippen LogP contribution is 2.22. The number of nitrogens with zero attached hydrogens (tertiary/aromatic N) is 1. The van der Waals surface area contributed by atoms with Crippen molar-refractivity contribution in [1.82, 2.24) is 5.16 Å². The predicted octanol–water partition coefficient (Wildman–Crippen LogP) is 3.14. The Hall–Kier alpha value is -1.62. The van der Waals surface area contributed by atoms with Crippen LogP contribution in [0.5, 0.6) is 5.75 Å². The molecule has 0 aliphatic rings. The fourth-order valence-electron chi connectivity index (χ4n) is 1.38. The van der Waals surface area contributed by atoms with E-state index in [9.17, 15) is 4.79 Å². The maximum Gasteiger partial charge on any atom is 0.153 e. The highest BCUT2D eigenvalue weighted by atomic mass is 79.9. The number of hydrogen-bond acceptors (Lipinski definition) is 4. The first kappa shape index (κ1) is 11.9. The van der Waals surface area contributed by atoms with Crippen LogP contribution in [-0.2, 0) is 6.61 Å². The zero-order valence-electron chi connectivity index (χ0n) is 9.14. The highest BCUT2D eigenvalue weighted by Gasteiger charge is 2.06. The van der Waals surface area contributed by atoms with E-state index >= 15 is 0 Å². The molecule has 0 aliphatic carbocycles. The number of aromatic nitrogens is 1. The first-order chi connectivity index (χ1) is 8.19. The molecule has 2 aromatic rings. The lowest BCUT2D eigenvalue weighted by molar-refractivity contribution is 0.111. The van der Waals surface area contributed by atoms with Gasteiger partial charge in [0.1, 0.15) is 23.8 Å². The molecule has 0 unspecified atom stereocenters. The fourth-order valence-corrected chi connectivity index (χ4v) is 1.76. The molecule has 5 heteroatoms. The number of aryl methyl sites for hydroxylation is 1. The summed E-state index contributed by atoms with van der Waals surface area (Å²) in [5.41, 5.74) is 1.20. The van der Waals surface area contributed by atoms with Crippen LogP contribution in [-0.4, -0.2) is 11.4 Å². The normalized spacial score (nSPS) is 10.2. The molecule has 0 saturated heterocycles. The Balaban J connectivity index is 2.11. The van der Waals surface area contributed by atoms with Crippen molar-refractivity contribution in [2.75, 3.05) is 0 Å². The molecular weight excluding hydrogens is 286 g/mol. The molecule has 4 nitrogen and oxygen atoms in total. The SMILES string of the molecule is Cc1cc(COc2ccc(Br)cc2C=O)no1. The van der Waals surface area contributed by atoms with Gasteiger partial charge in [0.2, 0.25) is 0 Å². The van der Waals surface area contributed by atoms with E-state index in [1.54, 1.807) is 18.2 Å². The van der Waals surface area contributed by atoms with E-state index in [4.69, 9.17) is 9.26 Å². The molecule has 0 bridgehead atoms. The van der Waals surface area contributed by atoms with E-state index < -0.39 is 0 Å². The molecule has 0 atom stereocenters. The third kappa shape index (κ3) is 2.94.